The SMILES string of the molecule is COc1c(C)cc(CC(CO[Si](C)(C)C(C)(C)C)NC(=O)[C@H](OC)c2ccccc2)cc1O[Si](C)(C)C(C)(C)C. The zero-order valence-corrected chi connectivity index (χ0v) is 29.2. The van der Waals surface area contributed by atoms with Crippen molar-refractivity contribution in [1.82, 2.24) is 5.32 Å². The molecular formula is C32H53NO5Si2. The number of nitrogens with one attached hydrogen (secondary N) is 1. The number of hydrogen-bond acceptors (Lipinski definition) is 5. The molecular weight excluding hydrogens is 535 g/mol. The first-order chi connectivity index (χ1) is 18.3. The van der Waals surface area contributed by atoms with Gasteiger partial charge >= 0.3 is 0 Å². The third-order valence-electron chi connectivity index (χ3n) is 8.53. The molecule has 0 fully saturated rings. The maximum atomic E-state index is 13.5. The summed E-state index contributed by atoms with van der Waals surface area (Å²) in [4.78, 5) is 13.5. The zero-order valence-electron chi connectivity index (χ0n) is 27.2. The standard InChI is InChI=1S/C32H53NO5Si2/c1-23-19-24(21-27(28(23)35-8)38-40(12,13)32(5,6)7)20-26(22-37-39(10,11)31(2,3)4)33-30(34)29(36-9)25-17-15-14-16-18-25/h14-19,21,26,29H,20,22H2,1-13H3,(H,33,34)/t26?,29-/m1/s1. The Morgan fingerprint density at radius 3 is 1.98 bits per heavy atom. The summed E-state index contributed by atoms with van der Waals surface area (Å²) >= 11 is 0. The molecule has 1 N–H and O–H groups in total. The van der Waals surface area contributed by atoms with Crippen molar-refractivity contribution in [3.63, 3.8) is 0 Å². The molecule has 0 radical (unpaired) electrons. The minimum atomic E-state index is -2.11. The van der Waals surface area contributed by atoms with Crippen molar-refractivity contribution < 1.29 is 23.1 Å². The summed E-state index contributed by atoms with van der Waals surface area (Å²) in [5.41, 5.74) is 2.88. The van der Waals surface area contributed by atoms with Gasteiger partial charge in [0.25, 0.3) is 14.2 Å². The van der Waals surface area contributed by atoms with Crippen LogP contribution in [0, 0.1) is 6.92 Å². The number of carbonyl (C=O) groups excluding carboxylic acids is 1. The van der Waals surface area contributed by atoms with Crippen molar-refractivity contribution in [3.8, 4) is 11.5 Å². The second kappa shape index (κ2) is 13.2. The normalized spacial score (nSPS) is 14.4. The van der Waals surface area contributed by atoms with Crippen LogP contribution in [0.15, 0.2) is 42.5 Å². The van der Waals surface area contributed by atoms with Gasteiger partial charge in [0.15, 0.2) is 20.2 Å². The molecule has 224 valence electrons. The van der Waals surface area contributed by atoms with Crippen LogP contribution in [-0.2, 0) is 20.4 Å². The van der Waals surface area contributed by atoms with Gasteiger partial charge in [0.2, 0.25) is 0 Å². The zero-order chi connectivity index (χ0) is 30.5. The summed E-state index contributed by atoms with van der Waals surface area (Å²) in [6.07, 6.45) is -0.115. The highest BCUT2D eigenvalue weighted by Crippen LogP contribution is 2.42. The van der Waals surface area contributed by atoms with Gasteiger partial charge in [0.05, 0.1) is 19.8 Å². The molecule has 0 aliphatic carbocycles. The summed E-state index contributed by atoms with van der Waals surface area (Å²) in [7, 11) is -0.905. The smallest absolute Gasteiger partial charge is 0.254 e. The summed E-state index contributed by atoms with van der Waals surface area (Å²) in [5.74, 6) is 1.34. The third kappa shape index (κ3) is 8.68. The highest BCUT2D eigenvalue weighted by molar-refractivity contribution is 6.75. The topological polar surface area (TPSA) is 66.0 Å². The van der Waals surface area contributed by atoms with Gasteiger partial charge in [-0.15, -0.1) is 0 Å². The van der Waals surface area contributed by atoms with Gasteiger partial charge in [-0.1, -0.05) is 77.9 Å². The number of carbonyl (C=O) groups is 1. The predicted molar refractivity (Wildman–Crippen MR) is 171 cm³/mol. The van der Waals surface area contributed by atoms with Gasteiger partial charge < -0.3 is 23.6 Å². The first kappa shape index (κ1) is 34.1. The van der Waals surface area contributed by atoms with E-state index in [1.165, 1.54) is 0 Å². The third-order valence-corrected chi connectivity index (χ3v) is 17.4. The Kier molecular flexibility index (Phi) is 11.3. The Labute approximate surface area is 245 Å². The van der Waals surface area contributed by atoms with Crippen LogP contribution >= 0.6 is 0 Å². The minimum absolute atomic E-state index is 0.0437. The number of benzene rings is 2. The number of hydrogen-bond donors (Lipinski definition) is 1. The Morgan fingerprint density at radius 1 is 0.900 bits per heavy atom. The molecule has 2 atom stereocenters. The molecule has 2 aromatic rings. The van der Waals surface area contributed by atoms with E-state index in [-0.39, 0.29) is 22.0 Å². The highest BCUT2D eigenvalue weighted by atomic mass is 28.4. The lowest BCUT2D eigenvalue weighted by molar-refractivity contribution is -0.132. The van der Waals surface area contributed by atoms with E-state index in [1.54, 1.807) is 14.2 Å². The molecule has 0 bridgehead atoms. The number of ether oxygens (including phenoxy) is 2. The maximum absolute atomic E-state index is 13.5. The van der Waals surface area contributed by atoms with Crippen molar-refractivity contribution in [2.75, 3.05) is 20.8 Å². The van der Waals surface area contributed by atoms with Crippen LogP contribution < -0.4 is 14.5 Å². The van der Waals surface area contributed by atoms with E-state index in [9.17, 15) is 4.79 Å². The van der Waals surface area contributed by atoms with Gasteiger partial charge in [-0.05, 0) is 72.4 Å². The van der Waals surface area contributed by atoms with E-state index < -0.39 is 22.7 Å². The maximum Gasteiger partial charge on any atom is 0.254 e. The van der Waals surface area contributed by atoms with Gasteiger partial charge in [-0.25, -0.2) is 0 Å². The number of aryl methyl sites for hydroxylation is 1. The van der Waals surface area contributed by atoms with Crippen molar-refractivity contribution >= 4 is 22.5 Å². The average Bonchev–Trinajstić information content (AvgIpc) is 2.82. The molecule has 0 aliphatic heterocycles. The molecule has 40 heavy (non-hydrogen) atoms. The van der Waals surface area contributed by atoms with E-state index in [0.29, 0.717) is 13.0 Å². The highest BCUT2D eigenvalue weighted by Gasteiger charge is 2.40. The molecule has 8 heteroatoms. The molecule has 2 rings (SSSR count). The fraction of sp³-hybridized carbons (Fsp3) is 0.594. The molecule has 0 saturated heterocycles. The molecule has 1 unspecified atom stereocenters. The number of methoxy groups -OCH3 is 2. The van der Waals surface area contributed by atoms with Crippen LogP contribution in [-0.4, -0.2) is 49.4 Å². The molecule has 0 saturated carbocycles. The van der Waals surface area contributed by atoms with Crippen LogP contribution in [0.2, 0.25) is 36.3 Å². The quantitative estimate of drug-likeness (QED) is 0.256. The fourth-order valence-corrected chi connectivity index (χ4v) is 6.02. The Hall–Kier alpha value is -2.14. The van der Waals surface area contributed by atoms with E-state index in [0.717, 1.165) is 28.2 Å². The summed E-state index contributed by atoms with van der Waals surface area (Å²) in [5, 5.41) is 3.35. The summed E-state index contributed by atoms with van der Waals surface area (Å²) in [6, 6.07) is 13.5. The molecule has 6 nitrogen and oxygen atoms in total. The van der Waals surface area contributed by atoms with Gasteiger partial charge in [0.1, 0.15) is 5.75 Å². The first-order valence-corrected chi connectivity index (χ1v) is 20.0. The van der Waals surface area contributed by atoms with Gasteiger partial charge in [0, 0.05) is 7.11 Å². The van der Waals surface area contributed by atoms with Crippen LogP contribution in [0.4, 0.5) is 0 Å². The van der Waals surface area contributed by atoms with Gasteiger partial charge in [-0.3, -0.25) is 4.79 Å². The van der Waals surface area contributed by atoms with E-state index in [4.69, 9.17) is 18.3 Å². The Morgan fingerprint density at radius 2 is 1.48 bits per heavy atom. The number of amides is 1. The van der Waals surface area contributed by atoms with Crippen molar-refractivity contribution in [3.05, 3.63) is 59.2 Å². The van der Waals surface area contributed by atoms with Crippen LogP contribution in [0.25, 0.3) is 0 Å². The molecule has 0 aliphatic rings. The van der Waals surface area contributed by atoms with Crippen LogP contribution in [0.3, 0.4) is 0 Å². The van der Waals surface area contributed by atoms with E-state index in [2.05, 4.69) is 85.2 Å². The average molecular weight is 588 g/mol. The second-order valence-corrected chi connectivity index (χ2v) is 23.3. The van der Waals surface area contributed by atoms with Crippen LogP contribution in [0.1, 0.15) is 64.3 Å². The predicted octanol–water partition coefficient (Wildman–Crippen LogP) is 7.82. The van der Waals surface area contributed by atoms with Crippen molar-refractivity contribution in [2.24, 2.45) is 0 Å². The van der Waals surface area contributed by atoms with Crippen molar-refractivity contribution in [2.45, 2.75) is 103 Å². The lowest BCUT2D eigenvalue weighted by Gasteiger charge is -2.38. The minimum Gasteiger partial charge on any atom is -0.541 e. The Balaban J connectivity index is 2.43. The molecule has 0 aromatic heterocycles. The van der Waals surface area contributed by atoms with Crippen molar-refractivity contribution in [1.29, 1.82) is 0 Å². The molecule has 0 heterocycles. The monoisotopic (exact) mass is 587 g/mol. The largest absolute Gasteiger partial charge is 0.541 e. The fourth-order valence-electron chi connectivity index (χ4n) is 3.96. The summed E-state index contributed by atoms with van der Waals surface area (Å²) in [6.45, 7) is 24.7. The molecule has 2 aromatic carbocycles. The summed E-state index contributed by atoms with van der Waals surface area (Å²) < 4.78 is 24.7. The lowest BCUT2D eigenvalue weighted by Crippen LogP contribution is -2.48. The Bertz CT molecular complexity index is 1120. The van der Waals surface area contributed by atoms with E-state index >= 15 is 0 Å². The lowest BCUT2D eigenvalue weighted by atomic mass is 10.0. The molecule has 1 amide bonds. The first-order valence-electron chi connectivity index (χ1n) is 14.2. The van der Waals surface area contributed by atoms with Gasteiger partial charge in [-0.2, -0.15) is 0 Å². The van der Waals surface area contributed by atoms with Crippen LogP contribution in [0.5, 0.6) is 11.5 Å². The number of rotatable bonds is 12. The van der Waals surface area contributed by atoms with E-state index in [1.807, 2.05) is 37.3 Å². The molecule has 0 spiro atoms. The second-order valence-electron chi connectivity index (χ2n) is 13.8.